The van der Waals surface area contributed by atoms with Crippen LogP contribution in [0.15, 0.2) is 21.5 Å². The second kappa shape index (κ2) is 3.46. The van der Waals surface area contributed by atoms with Crippen LogP contribution in [-0.2, 0) is 0 Å². The molecule has 2 aromatic rings. The average molecular weight is 210 g/mol. The van der Waals surface area contributed by atoms with Gasteiger partial charge in [-0.3, -0.25) is 4.79 Å². The van der Waals surface area contributed by atoms with Crippen molar-refractivity contribution >= 4 is 28.7 Å². The van der Waals surface area contributed by atoms with E-state index < -0.39 is 5.91 Å². The summed E-state index contributed by atoms with van der Waals surface area (Å²) in [6, 6.07) is 1.77. The first-order valence-corrected chi connectivity index (χ1v) is 4.63. The molecule has 72 valence electrons. The maximum Gasteiger partial charge on any atom is 0.281 e. The Morgan fingerprint density at radius 1 is 1.57 bits per heavy atom. The lowest BCUT2D eigenvalue weighted by Gasteiger charge is -1.97. The minimum absolute atomic E-state index is 0.00352. The van der Waals surface area contributed by atoms with E-state index in [1.165, 1.54) is 11.3 Å². The second-order valence-corrected chi connectivity index (χ2v) is 3.24. The summed E-state index contributed by atoms with van der Waals surface area (Å²) in [5, 5.41) is 12.9. The molecule has 0 aromatic carbocycles. The van der Waals surface area contributed by atoms with Crippen LogP contribution in [0.2, 0.25) is 0 Å². The van der Waals surface area contributed by atoms with Gasteiger partial charge in [0.1, 0.15) is 0 Å². The van der Waals surface area contributed by atoms with Gasteiger partial charge in [0.2, 0.25) is 11.5 Å². The van der Waals surface area contributed by atoms with E-state index in [4.69, 9.17) is 5.73 Å². The highest BCUT2D eigenvalue weighted by molar-refractivity contribution is 7.08. The van der Waals surface area contributed by atoms with E-state index >= 15 is 0 Å². The molecule has 1 amide bonds. The molecule has 2 aromatic heterocycles. The maximum absolute atomic E-state index is 11.4. The van der Waals surface area contributed by atoms with Crippen LogP contribution >= 0.6 is 11.3 Å². The number of aromatic nitrogens is 2. The van der Waals surface area contributed by atoms with Gasteiger partial charge in [0.15, 0.2) is 0 Å². The molecule has 0 atom stereocenters. The molecular weight excluding hydrogens is 204 g/mol. The van der Waals surface area contributed by atoms with E-state index in [0.29, 0.717) is 5.69 Å². The molecule has 0 bridgehead atoms. The summed E-state index contributed by atoms with van der Waals surface area (Å²) >= 11 is 1.48. The molecule has 0 fully saturated rings. The zero-order valence-electron chi connectivity index (χ0n) is 6.93. The zero-order chi connectivity index (χ0) is 9.97. The highest BCUT2D eigenvalue weighted by Gasteiger charge is 2.15. The first-order valence-electron chi connectivity index (χ1n) is 3.69. The molecule has 0 aliphatic carbocycles. The van der Waals surface area contributed by atoms with Crippen molar-refractivity contribution in [3.8, 4) is 0 Å². The zero-order valence-corrected chi connectivity index (χ0v) is 7.75. The number of hydrogen-bond acceptors (Lipinski definition) is 6. The van der Waals surface area contributed by atoms with Gasteiger partial charge in [-0.15, -0.1) is 0 Å². The fourth-order valence-corrected chi connectivity index (χ4v) is 1.47. The predicted molar refractivity (Wildman–Crippen MR) is 51.0 cm³/mol. The number of rotatable bonds is 2. The monoisotopic (exact) mass is 210 g/mol. The lowest BCUT2D eigenvalue weighted by Crippen LogP contribution is -2.13. The Kier molecular flexibility index (Phi) is 2.15. The number of nitrogens with zero attached hydrogens (tertiary/aromatic N) is 2. The van der Waals surface area contributed by atoms with E-state index in [0.717, 1.165) is 0 Å². The number of thiophene rings is 1. The third-order valence-corrected chi connectivity index (χ3v) is 2.19. The molecular formula is C7H6N4O2S. The SMILES string of the molecule is Nc1nonc1C(=O)Nc1ccsc1. The first kappa shape index (κ1) is 8.70. The van der Waals surface area contributed by atoms with Crippen molar-refractivity contribution in [1.82, 2.24) is 10.3 Å². The summed E-state index contributed by atoms with van der Waals surface area (Å²) in [5.41, 5.74) is 6.04. The largest absolute Gasteiger partial charge is 0.379 e. The van der Waals surface area contributed by atoms with Crippen LogP contribution in [-0.4, -0.2) is 16.2 Å². The van der Waals surface area contributed by atoms with Gasteiger partial charge in [-0.1, -0.05) is 0 Å². The lowest BCUT2D eigenvalue weighted by molar-refractivity contribution is 0.101. The summed E-state index contributed by atoms with van der Waals surface area (Å²) in [4.78, 5) is 11.4. The fourth-order valence-electron chi connectivity index (χ4n) is 0.879. The Hall–Kier alpha value is -1.89. The standard InChI is InChI=1S/C7H6N4O2S/c8-6-5(10-13-11-6)7(12)9-4-1-2-14-3-4/h1-3H,(H2,8,11)(H,9,12). The Bertz CT molecular complexity index is 436. The smallest absolute Gasteiger partial charge is 0.281 e. The van der Waals surface area contributed by atoms with Gasteiger partial charge >= 0.3 is 0 Å². The lowest BCUT2D eigenvalue weighted by atomic mass is 10.4. The van der Waals surface area contributed by atoms with E-state index in [-0.39, 0.29) is 11.5 Å². The summed E-state index contributed by atoms with van der Waals surface area (Å²) in [6.45, 7) is 0. The number of amides is 1. The minimum atomic E-state index is -0.429. The van der Waals surface area contributed by atoms with Gasteiger partial charge in [-0.05, 0) is 21.8 Å². The molecule has 3 N–H and O–H groups in total. The molecule has 2 rings (SSSR count). The van der Waals surface area contributed by atoms with Crippen molar-refractivity contribution in [2.75, 3.05) is 11.1 Å². The Morgan fingerprint density at radius 3 is 3.00 bits per heavy atom. The quantitative estimate of drug-likeness (QED) is 0.770. The Morgan fingerprint density at radius 2 is 2.43 bits per heavy atom. The van der Waals surface area contributed by atoms with Gasteiger partial charge in [0.25, 0.3) is 5.91 Å². The Labute approximate surface area is 82.7 Å². The number of nitrogens with two attached hydrogens (primary N) is 1. The number of nitrogens with one attached hydrogen (secondary N) is 1. The molecule has 14 heavy (non-hydrogen) atoms. The van der Waals surface area contributed by atoms with Gasteiger partial charge in [0, 0.05) is 5.38 Å². The summed E-state index contributed by atoms with van der Waals surface area (Å²) in [6.07, 6.45) is 0. The molecule has 0 spiro atoms. The van der Waals surface area contributed by atoms with Crippen molar-refractivity contribution in [3.63, 3.8) is 0 Å². The summed E-state index contributed by atoms with van der Waals surface area (Å²) in [7, 11) is 0. The molecule has 0 saturated heterocycles. The van der Waals surface area contributed by atoms with Gasteiger partial charge in [-0.25, -0.2) is 4.63 Å². The van der Waals surface area contributed by atoms with Crippen LogP contribution in [0.1, 0.15) is 10.5 Å². The minimum Gasteiger partial charge on any atom is -0.379 e. The van der Waals surface area contributed by atoms with Crippen molar-refractivity contribution in [2.45, 2.75) is 0 Å². The molecule has 0 aliphatic heterocycles. The Balaban J connectivity index is 2.14. The fraction of sp³-hybridized carbons (Fsp3) is 0. The third kappa shape index (κ3) is 1.57. The van der Waals surface area contributed by atoms with Crippen molar-refractivity contribution in [3.05, 3.63) is 22.5 Å². The van der Waals surface area contributed by atoms with Crippen LogP contribution in [0.3, 0.4) is 0 Å². The van der Waals surface area contributed by atoms with Crippen LogP contribution in [0.5, 0.6) is 0 Å². The molecule has 0 saturated carbocycles. The number of carbonyl (C=O) groups excluding carboxylic acids is 1. The third-order valence-electron chi connectivity index (χ3n) is 1.51. The number of nitrogen functional groups attached to an aromatic ring is 1. The molecule has 0 aliphatic rings. The molecule has 7 heteroatoms. The van der Waals surface area contributed by atoms with E-state index in [2.05, 4.69) is 20.3 Å². The number of anilines is 2. The topological polar surface area (TPSA) is 94.0 Å². The normalized spacial score (nSPS) is 10.0. The molecule has 2 heterocycles. The van der Waals surface area contributed by atoms with E-state index in [1.807, 2.05) is 5.38 Å². The van der Waals surface area contributed by atoms with Crippen LogP contribution in [0, 0.1) is 0 Å². The van der Waals surface area contributed by atoms with Gasteiger partial charge in [0.05, 0.1) is 5.69 Å². The van der Waals surface area contributed by atoms with E-state index in [9.17, 15) is 4.79 Å². The molecule has 6 nitrogen and oxygen atoms in total. The van der Waals surface area contributed by atoms with Crippen molar-refractivity contribution in [1.29, 1.82) is 0 Å². The average Bonchev–Trinajstić information content (AvgIpc) is 2.75. The summed E-state index contributed by atoms with van der Waals surface area (Å²) < 4.78 is 4.30. The predicted octanol–water partition coefficient (Wildman–Crippen LogP) is 0.966. The van der Waals surface area contributed by atoms with Crippen LogP contribution in [0.4, 0.5) is 11.5 Å². The first-order chi connectivity index (χ1) is 6.77. The maximum atomic E-state index is 11.4. The molecule has 0 radical (unpaired) electrons. The number of carbonyl (C=O) groups is 1. The van der Waals surface area contributed by atoms with Crippen LogP contribution in [0.25, 0.3) is 0 Å². The highest BCUT2D eigenvalue weighted by atomic mass is 32.1. The number of hydrogen-bond donors (Lipinski definition) is 2. The summed E-state index contributed by atoms with van der Waals surface area (Å²) in [5.74, 6) is -0.445. The molecule has 0 unspecified atom stereocenters. The van der Waals surface area contributed by atoms with Crippen molar-refractivity contribution < 1.29 is 9.42 Å². The van der Waals surface area contributed by atoms with Crippen molar-refractivity contribution in [2.24, 2.45) is 0 Å². The van der Waals surface area contributed by atoms with Gasteiger partial charge in [-0.2, -0.15) is 11.3 Å². The van der Waals surface area contributed by atoms with E-state index in [1.54, 1.807) is 11.4 Å². The highest BCUT2D eigenvalue weighted by Crippen LogP contribution is 2.14. The van der Waals surface area contributed by atoms with Crippen LogP contribution < -0.4 is 11.1 Å². The second-order valence-electron chi connectivity index (χ2n) is 2.46. The van der Waals surface area contributed by atoms with Gasteiger partial charge < -0.3 is 11.1 Å².